The number of hydrogen-bond acceptors (Lipinski definition) is 7. The van der Waals surface area contributed by atoms with Crippen molar-refractivity contribution in [1.82, 2.24) is 9.80 Å². The van der Waals surface area contributed by atoms with Gasteiger partial charge >= 0.3 is 6.09 Å². The number of carbonyl (C=O) groups is 1. The molecule has 0 radical (unpaired) electrons. The van der Waals surface area contributed by atoms with Gasteiger partial charge in [0.1, 0.15) is 0 Å². The molecule has 1 rings (SSSR count). The minimum atomic E-state index is -0.983. The van der Waals surface area contributed by atoms with Crippen LogP contribution in [-0.2, 0) is 9.57 Å². The number of allylic oxidation sites excluding steroid dienone is 3. The van der Waals surface area contributed by atoms with Crippen molar-refractivity contribution in [3.05, 3.63) is 36.5 Å². The van der Waals surface area contributed by atoms with Crippen LogP contribution in [0.3, 0.4) is 0 Å². The van der Waals surface area contributed by atoms with Gasteiger partial charge in [-0.2, -0.15) is 0 Å². The number of oxime groups is 1. The van der Waals surface area contributed by atoms with Crippen LogP contribution in [0.5, 0.6) is 0 Å². The molecule has 8 nitrogen and oxygen atoms in total. The summed E-state index contributed by atoms with van der Waals surface area (Å²) in [6.45, 7) is 15.1. The van der Waals surface area contributed by atoms with E-state index in [4.69, 9.17) is 15.3 Å². The van der Waals surface area contributed by atoms with E-state index < -0.39 is 11.8 Å². The zero-order chi connectivity index (χ0) is 19.6. The van der Waals surface area contributed by atoms with E-state index in [9.17, 15) is 4.79 Å². The maximum atomic E-state index is 12.0. The Kier molecular flexibility index (Phi) is 8.74. The summed E-state index contributed by atoms with van der Waals surface area (Å²) in [5, 5.41) is 3.45. The van der Waals surface area contributed by atoms with Gasteiger partial charge in [-0.3, -0.25) is 10.6 Å². The Morgan fingerprint density at radius 3 is 2.46 bits per heavy atom. The molecule has 1 heterocycles. The summed E-state index contributed by atoms with van der Waals surface area (Å²) in [4.78, 5) is 25.4. The maximum Gasteiger partial charge on any atom is 0.411 e. The number of amides is 1. The Morgan fingerprint density at radius 2 is 1.96 bits per heavy atom. The lowest BCUT2D eigenvalue weighted by molar-refractivity contribution is 0.00824. The maximum absolute atomic E-state index is 12.0. The third-order valence-electron chi connectivity index (χ3n) is 3.48. The largest absolute Gasteiger partial charge is 0.428 e. The summed E-state index contributed by atoms with van der Waals surface area (Å²) in [6.07, 6.45) is 6.83. The minimum Gasteiger partial charge on any atom is -0.428 e. The van der Waals surface area contributed by atoms with Crippen molar-refractivity contribution in [1.29, 1.82) is 0 Å². The second kappa shape index (κ2) is 10.5. The highest BCUT2D eigenvalue weighted by atomic mass is 16.6. The molecule has 0 aromatic carbocycles. The van der Waals surface area contributed by atoms with Crippen LogP contribution in [0.1, 0.15) is 20.8 Å². The van der Waals surface area contributed by atoms with Crippen molar-refractivity contribution in [2.75, 3.05) is 32.8 Å². The van der Waals surface area contributed by atoms with Gasteiger partial charge < -0.3 is 14.5 Å². The van der Waals surface area contributed by atoms with Gasteiger partial charge in [0.2, 0.25) is 0 Å². The zero-order valence-corrected chi connectivity index (χ0v) is 15.9. The predicted octanol–water partition coefficient (Wildman–Crippen LogP) is 2.11. The molecule has 0 spiro atoms. The predicted molar refractivity (Wildman–Crippen MR) is 104 cm³/mol. The molecule has 0 aromatic rings. The Labute approximate surface area is 155 Å². The number of piperazine rings is 1. The van der Waals surface area contributed by atoms with E-state index >= 15 is 0 Å². The normalized spacial score (nSPS) is 17.3. The second-order valence-corrected chi connectivity index (χ2v) is 6.25. The highest BCUT2D eigenvalue weighted by Crippen LogP contribution is 2.09. The van der Waals surface area contributed by atoms with Gasteiger partial charge in [0.25, 0.3) is 5.90 Å². The summed E-state index contributed by atoms with van der Waals surface area (Å²) in [6, 6.07) is 0. The van der Waals surface area contributed by atoms with E-state index in [1.165, 1.54) is 0 Å². The molecule has 1 aliphatic heterocycles. The number of carbonyl (C=O) groups excluding carboxylic acids is 1. The van der Waals surface area contributed by atoms with Gasteiger partial charge in [-0.15, -0.1) is 0 Å². The van der Waals surface area contributed by atoms with Crippen LogP contribution in [0, 0.1) is 0 Å². The summed E-state index contributed by atoms with van der Waals surface area (Å²) in [5.74, 6) is 0.347. The molecular weight excluding hydrogens is 334 g/mol. The Bertz CT molecular complexity index is 582. The van der Waals surface area contributed by atoms with Crippen LogP contribution in [-0.4, -0.2) is 67.1 Å². The summed E-state index contributed by atoms with van der Waals surface area (Å²) in [5.41, 5.74) is 5.44. The number of rotatable bonds is 7. The topological polar surface area (TPSA) is 92.8 Å². The van der Waals surface area contributed by atoms with E-state index in [1.807, 2.05) is 25.2 Å². The molecule has 0 saturated carbocycles. The highest BCUT2D eigenvalue weighted by Gasteiger charge is 2.26. The summed E-state index contributed by atoms with van der Waals surface area (Å²) in [7, 11) is 0. The van der Waals surface area contributed by atoms with E-state index in [0.29, 0.717) is 44.3 Å². The van der Waals surface area contributed by atoms with Crippen LogP contribution in [0.15, 0.2) is 46.6 Å². The number of aliphatic imine (C=N–C) groups is 1. The van der Waals surface area contributed by atoms with Crippen molar-refractivity contribution in [2.24, 2.45) is 15.9 Å². The lowest BCUT2D eigenvalue weighted by atomic mass is 10.2. The molecule has 26 heavy (non-hydrogen) atoms. The molecule has 0 unspecified atom stereocenters. The quantitative estimate of drug-likeness (QED) is 0.246. The Balaban J connectivity index is 2.64. The molecular formula is C18H29N5O3. The van der Waals surface area contributed by atoms with Gasteiger partial charge in [-0.05, 0) is 26.8 Å². The summed E-state index contributed by atoms with van der Waals surface area (Å²) >= 11 is 0. The molecule has 1 saturated heterocycles. The monoisotopic (exact) mass is 363 g/mol. The summed E-state index contributed by atoms with van der Waals surface area (Å²) < 4.78 is 5.18. The molecule has 0 aliphatic carbocycles. The fourth-order valence-electron chi connectivity index (χ4n) is 2.19. The Morgan fingerprint density at radius 1 is 1.31 bits per heavy atom. The number of hydrogen-bond donors (Lipinski definition) is 1. The van der Waals surface area contributed by atoms with Crippen LogP contribution < -0.4 is 5.73 Å². The lowest BCUT2D eigenvalue weighted by Crippen LogP contribution is -2.51. The first kappa shape index (κ1) is 21.6. The van der Waals surface area contributed by atoms with Crippen LogP contribution in [0.2, 0.25) is 0 Å². The number of ether oxygens (including phenoxy) is 1. The SMILES string of the molecule is C=CC(=C\C=C/C)/C(=N/CN1CCN(C(=O)OC(C)(C)N)CC1)ON=C. The molecule has 2 N–H and O–H groups in total. The standard InChI is InChI=1S/C18H29N5O3/c1-6-8-9-15(7-2)16(26-20-5)21-14-22-10-12-23(13-11-22)17(24)25-18(3,4)19/h6-9H,2,5,10-14,19H2,1,3-4H3/b8-6-,15-9+,21-16-. The van der Waals surface area contributed by atoms with Crippen molar-refractivity contribution < 1.29 is 14.4 Å². The lowest BCUT2D eigenvalue weighted by Gasteiger charge is -2.34. The number of nitrogens with zero attached hydrogens (tertiary/aromatic N) is 4. The number of nitrogens with two attached hydrogens (primary N) is 1. The van der Waals surface area contributed by atoms with Gasteiger partial charge in [0, 0.05) is 38.5 Å². The zero-order valence-electron chi connectivity index (χ0n) is 15.9. The second-order valence-electron chi connectivity index (χ2n) is 6.25. The third kappa shape index (κ3) is 7.62. The molecule has 1 amide bonds. The van der Waals surface area contributed by atoms with Gasteiger partial charge in [-0.1, -0.05) is 30.0 Å². The van der Waals surface area contributed by atoms with Crippen LogP contribution >= 0.6 is 0 Å². The average molecular weight is 363 g/mol. The van der Waals surface area contributed by atoms with Crippen LogP contribution in [0.25, 0.3) is 0 Å². The molecule has 8 heteroatoms. The first-order valence-electron chi connectivity index (χ1n) is 8.43. The molecule has 144 valence electrons. The van der Waals surface area contributed by atoms with Crippen molar-refractivity contribution in [3.63, 3.8) is 0 Å². The van der Waals surface area contributed by atoms with Crippen LogP contribution in [0.4, 0.5) is 4.79 Å². The van der Waals surface area contributed by atoms with Crippen molar-refractivity contribution in [2.45, 2.75) is 26.5 Å². The van der Waals surface area contributed by atoms with Gasteiger partial charge in [0.05, 0.1) is 6.67 Å². The molecule has 0 aromatic heterocycles. The van der Waals surface area contributed by atoms with E-state index in [2.05, 4.69) is 28.3 Å². The van der Waals surface area contributed by atoms with E-state index in [0.717, 1.165) is 0 Å². The fraction of sp³-hybridized carbons (Fsp3) is 0.500. The van der Waals surface area contributed by atoms with Gasteiger partial charge in [0.15, 0.2) is 5.72 Å². The molecule has 0 bridgehead atoms. The fourth-order valence-corrected chi connectivity index (χ4v) is 2.19. The first-order chi connectivity index (χ1) is 12.3. The average Bonchev–Trinajstić information content (AvgIpc) is 2.59. The van der Waals surface area contributed by atoms with E-state index in [1.54, 1.807) is 24.8 Å². The molecule has 1 aliphatic rings. The van der Waals surface area contributed by atoms with Gasteiger partial charge in [-0.25, -0.2) is 9.79 Å². The third-order valence-corrected chi connectivity index (χ3v) is 3.48. The van der Waals surface area contributed by atoms with Crippen molar-refractivity contribution >= 4 is 18.7 Å². The highest BCUT2D eigenvalue weighted by molar-refractivity contribution is 5.96. The molecule has 1 fully saturated rings. The first-order valence-corrected chi connectivity index (χ1v) is 8.43. The minimum absolute atomic E-state index is 0.347. The molecule has 0 atom stereocenters. The Hall–Kier alpha value is -2.45. The van der Waals surface area contributed by atoms with E-state index in [-0.39, 0.29) is 0 Å². The smallest absolute Gasteiger partial charge is 0.411 e. The van der Waals surface area contributed by atoms with Crippen molar-refractivity contribution in [3.8, 4) is 0 Å².